The lowest BCUT2D eigenvalue weighted by molar-refractivity contribution is -0.0439. The fourth-order valence-electron chi connectivity index (χ4n) is 3.60. The van der Waals surface area contributed by atoms with Crippen LogP contribution in [0.4, 0.5) is 0 Å². The maximum atomic E-state index is 11.1. The molecule has 3 rings (SSSR count). The van der Waals surface area contributed by atoms with Gasteiger partial charge in [0.1, 0.15) is 5.82 Å². The van der Waals surface area contributed by atoms with E-state index < -0.39 is 5.60 Å². The molecule has 20 heavy (non-hydrogen) atoms. The second kappa shape index (κ2) is 4.59. The van der Waals surface area contributed by atoms with Crippen molar-refractivity contribution in [1.29, 1.82) is 0 Å². The maximum absolute atomic E-state index is 11.1. The average molecular weight is 272 g/mol. The van der Waals surface area contributed by atoms with E-state index in [1.54, 1.807) is 0 Å². The molecule has 2 aromatic rings. The highest BCUT2D eigenvalue weighted by Crippen LogP contribution is 2.47. The summed E-state index contributed by atoms with van der Waals surface area (Å²) in [6.45, 7) is 7.39. The van der Waals surface area contributed by atoms with Gasteiger partial charge in [0, 0.05) is 13.0 Å². The van der Waals surface area contributed by atoms with Crippen LogP contribution in [-0.4, -0.2) is 20.3 Å². The Balaban J connectivity index is 2.03. The number of aliphatic hydroxyl groups is 1. The molecule has 1 N–H and O–H groups in total. The highest BCUT2D eigenvalue weighted by molar-refractivity contribution is 5.75. The van der Waals surface area contributed by atoms with E-state index >= 15 is 0 Å². The largest absolute Gasteiger partial charge is 0.389 e. The van der Waals surface area contributed by atoms with Crippen molar-refractivity contribution in [1.82, 2.24) is 9.55 Å². The molecule has 0 saturated heterocycles. The summed E-state index contributed by atoms with van der Waals surface area (Å²) in [7, 11) is 0. The van der Waals surface area contributed by atoms with Crippen LogP contribution in [-0.2, 0) is 13.0 Å². The molecule has 1 aromatic heterocycles. The Bertz CT molecular complexity index is 629. The van der Waals surface area contributed by atoms with Crippen LogP contribution < -0.4 is 0 Å². The van der Waals surface area contributed by atoms with Gasteiger partial charge in [0.2, 0.25) is 0 Å². The van der Waals surface area contributed by atoms with Crippen molar-refractivity contribution in [2.45, 2.75) is 58.6 Å². The van der Waals surface area contributed by atoms with Gasteiger partial charge < -0.3 is 9.67 Å². The first-order chi connectivity index (χ1) is 9.47. The van der Waals surface area contributed by atoms with Crippen LogP contribution in [0.15, 0.2) is 24.3 Å². The van der Waals surface area contributed by atoms with Crippen LogP contribution >= 0.6 is 0 Å². The summed E-state index contributed by atoms with van der Waals surface area (Å²) in [5.74, 6) is 1.02. The van der Waals surface area contributed by atoms with E-state index in [0.29, 0.717) is 6.42 Å². The molecule has 1 saturated carbocycles. The second-order valence-electron chi connectivity index (χ2n) is 6.71. The van der Waals surface area contributed by atoms with Crippen molar-refractivity contribution in [3.63, 3.8) is 0 Å². The van der Waals surface area contributed by atoms with Gasteiger partial charge in [-0.2, -0.15) is 0 Å². The number of hydrogen-bond acceptors (Lipinski definition) is 2. The van der Waals surface area contributed by atoms with E-state index in [4.69, 9.17) is 4.98 Å². The first-order valence-corrected chi connectivity index (χ1v) is 7.63. The van der Waals surface area contributed by atoms with E-state index in [1.807, 2.05) is 12.1 Å². The standard InChI is InChI=1S/C17H24N2O/c1-4-19-14-9-6-5-8-13(14)18-15(19)12-17(20)11-7-10-16(17,2)3/h5-6,8-9,20H,4,7,10-12H2,1-3H3. The van der Waals surface area contributed by atoms with Crippen LogP contribution in [0.2, 0.25) is 0 Å². The summed E-state index contributed by atoms with van der Waals surface area (Å²) >= 11 is 0. The lowest BCUT2D eigenvalue weighted by Gasteiger charge is -2.36. The van der Waals surface area contributed by atoms with Crippen LogP contribution in [0.5, 0.6) is 0 Å². The fraction of sp³-hybridized carbons (Fsp3) is 0.588. The zero-order chi connectivity index (χ0) is 14.4. The van der Waals surface area contributed by atoms with Crippen LogP contribution in [0.25, 0.3) is 11.0 Å². The molecule has 0 radical (unpaired) electrons. The lowest BCUT2D eigenvalue weighted by Crippen LogP contribution is -2.42. The smallest absolute Gasteiger partial charge is 0.112 e. The molecule has 3 nitrogen and oxygen atoms in total. The van der Waals surface area contributed by atoms with E-state index in [9.17, 15) is 5.11 Å². The lowest BCUT2D eigenvalue weighted by atomic mass is 9.75. The molecule has 1 aromatic carbocycles. The Morgan fingerprint density at radius 2 is 2.00 bits per heavy atom. The molecule has 1 heterocycles. The average Bonchev–Trinajstić information content (AvgIpc) is 2.87. The van der Waals surface area contributed by atoms with E-state index in [1.165, 1.54) is 5.52 Å². The van der Waals surface area contributed by atoms with Crippen molar-refractivity contribution in [3.05, 3.63) is 30.1 Å². The minimum Gasteiger partial charge on any atom is -0.389 e. The van der Waals surface area contributed by atoms with Crippen LogP contribution in [0, 0.1) is 5.41 Å². The number of aromatic nitrogens is 2. The Morgan fingerprint density at radius 1 is 1.25 bits per heavy atom. The number of aryl methyl sites for hydroxylation is 1. The number of para-hydroxylation sites is 2. The third-order valence-corrected chi connectivity index (χ3v) is 5.15. The summed E-state index contributed by atoms with van der Waals surface area (Å²) in [5.41, 5.74) is 1.55. The predicted molar refractivity (Wildman–Crippen MR) is 81.7 cm³/mol. The Morgan fingerprint density at radius 3 is 2.65 bits per heavy atom. The number of rotatable bonds is 3. The summed E-state index contributed by atoms with van der Waals surface area (Å²) < 4.78 is 2.24. The molecule has 0 aliphatic heterocycles. The van der Waals surface area contributed by atoms with Crippen molar-refractivity contribution in [2.75, 3.05) is 0 Å². The summed E-state index contributed by atoms with van der Waals surface area (Å²) in [6.07, 6.45) is 3.74. The van der Waals surface area contributed by atoms with Gasteiger partial charge in [0.15, 0.2) is 0 Å². The second-order valence-corrected chi connectivity index (χ2v) is 6.71. The van der Waals surface area contributed by atoms with Crippen LogP contribution in [0.3, 0.4) is 0 Å². The van der Waals surface area contributed by atoms with E-state index in [2.05, 4.69) is 37.5 Å². The summed E-state index contributed by atoms with van der Waals surface area (Å²) in [5, 5.41) is 11.1. The normalized spacial score (nSPS) is 25.4. The molecule has 0 spiro atoms. The van der Waals surface area contributed by atoms with E-state index in [0.717, 1.165) is 37.1 Å². The Hall–Kier alpha value is -1.35. The van der Waals surface area contributed by atoms with Gasteiger partial charge in [-0.15, -0.1) is 0 Å². The molecule has 0 amide bonds. The molecular weight excluding hydrogens is 248 g/mol. The summed E-state index contributed by atoms with van der Waals surface area (Å²) in [4.78, 5) is 4.76. The van der Waals surface area contributed by atoms with Gasteiger partial charge in [-0.05, 0) is 43.7 Å². The third-order valence-electron chi connectivity index (χ3n) is 5.15. The number of fused-ring (bicyclic) bond motifs is 1. The molecule has 1 fully saturated rings. The molecule has 3 heteroatoms. The molecule has 1 aliphatic rings. The fourth-order valence-corrected chi connectivity index (χ4v) is 3.60. The highest BCUT2D eigenvalue weighted by atomic mass is 16.3. The molecule has 1 unspecified atom stereocenters. The number of benzene rings is 1. The SMILES string of the molecule is CCn1c(CC2(O)CCCC2(C)C)nc2ccccc21. The van der Waals surface area contributed by atoms with Gasteiger partial charge in [-0.1, -0.05) is 26.0 Å². The monoisotopic (exact) mass is 272 g/mol. The molecular formula is C17H24N2O. The predicted octanol–water partition coefficient (Wildman–Crippen LogP) is 3.54. The van der Waals surface area contributed by atoms with Crippen molar-refractivity contribution < 1.29 is 5.11 Å². The third kappa shape index (κ3) is 1.96. The molecule has 108 valence electrons. The first kappa shape index (κ1) is 13.6. The first-order valence-electron chi connectivity index (χ1n) is 7.63. The van der Waals surface area contributed by atoms with Crippen molar-refractivity contribution >= 4 is 11.0 Å². The Labute approximate surface area is 120 Å². The quantitative estimate of drug-likeness (QED) is 0.928. The number of nitrogens with zero attached hydrogens (tertiary/aromatic N) is 2. The number of hydrogen-bond donors (Lipinski definition) is 1. The minimum absolute atomic E-state index is 0.0241. The zero-order valence-electron chi connectivity index (χ0n) is 12.7. The van der Waals surface area contributed by atoms with Gasteiger partial charge in [0.05, 0.1) is 16.6 Å². The minimum atomic E-state index is -0.624. The van der Waals surface area contributed by atoms with Crippen molar-refractivity contribution in [2.24, 2.45) is 5.41 Å². The van der Waals surface area contributed by atoms with Gasteiger partial charge >= 0.3 is 0 Å². The summed E-state index contributed by atoms with van der Waals surface area (Å²) in [6, 6.07) is 8.23. The zero-order valence-corrected chi connectivity index (χ0v) is 12.7. The topological polar surface area (TPSA) is 38.0 Å². The Kier molecular flexibility index (Phi) is 3.13. The number of imidazole rings is 1. The maximum Gasteiger partial charge on any atom is 0.112 e. The van der Waals surface area contributed by atoms with E-state index in [-0.39, 0.29) is 5.41 Å². The van der Waals surface area contributed by atoms with Crippen molar-refractivity contribution in [3.8, 4) is 0 Å². The molecule has 1 atom stereocenters. The van der Waals surface area contributed by atoms with Gasteiger partial charge in [0.25, 0.3) is 0 Å². The molecule has 1 aliphatic carbocycles. The highest BCUT2D eigenvalue weighted by Gasteiger charge is 2.48. The van der Waals surface area contributed by atoms with Gasteiger partial charge in [-0.25, -0.2) is 4.98 Å². The van der Waals surface area contributed by atoms with Gasteiger partial charge in [-0.3, -0.25) is 0 Å². The van der Waals surface area contributed by atoms with Crippen LogP contribution in [0.1, 0.15) is 45.9 Å². The molecule has 0 bridgehead atoms.